The number of anilines is 1. The summed E-state index contributed by atoms with van der Waals surface area (Å²) < 4.78 is 29.7. The molecule has 9 nitrogen and oxygen atoms in total. The van der Waals surface area contributed by atoms with E-state index in [9.17, 15) is 18.0 Å². The zero-order chi connectivity index (χ0) is 23.8. The number of hydrogen-bond donors (Lipinski definition) is 2. The molecule has 2 aromatic rings. The van der Waals surface area contributed by atoms with E-state index in [1.54, 1.807) is 43.5 Å². The van der Waals surface area contributed by atoms with Crippen LogP contribution in [0.15, 0.2) is 48.5 Å². The monoisotopic (exact) mass is 474 g/mol. The first-order chi connectivity index (χ1) is 15.8. The van der Waals surface area contributed by atoms with Gasteiger partial charge >= 0.3 is 0 Å². The molecule has 10 heteroatoms. The highest BCUT2D eigenvalue weighted by Gasteiger charge is 2.23. The molecule has 1 aliphatic heterocycles. The average molecular weight is 475 g/mol. The standard InChI is InChI=1S/C23H30N4O5S/c1-32-16-11-24-23(29)20-5-3-4-6-21(20)25-22(28)19-9-7-18(8-10-19)17-26-12-14-27(15-13-26)33(2,30)31/h3-10H,11-17H2,1-2H3,(H,24,29)(H,25,28). The Morgan fingerprint density at radius 1 is 0.970 bits per heavy atom. The summed E-state index contributed by atoms with van der Waals surface area (Å²) in [6.45, 7) is 3.76. The number of carbonyl (C=O) groups excluding carboxylic acids is 2. The smallest absolute Gasteiger partial charge is 0.255 e. The van der Waals surface area contributed by atoms with Gasteiger partial charge in [0.2, 0.25) is 10.0 Å². The minimum Gasteiger partial charge on any atom is -0.383 e. The Hall–Kier alpha value is -2.79. The van der Waals surface area contributed by atoms with E-state index in [-0.39, 0.29) is 11.8 Å². The fourth-order valence-electron chi connectivity index (χ4n) is 3.59. The third-order valence-corrected chi connectivity index (χ3v) is 6.74. The molecule has 0 bridgehead atoms. The number of sulfonamides is 1. The molecule has 0 spiro atoms. The van der Waals surface area contributed by atoms with Crippen molar-refractivity contribution in [1.29, 1.82) is 0 Å². The maximum Gasteiger partial charge on any atom is 0.255 e. The fraction of sp³-hybridized carbons (Fsp3) is 0.391. The topological polar surface area (TPSA) is 108 Å². The van der Waals surface area contributed by atoms with Gasteiger partial charge in [0, 0.05) is 51.9 Å². The lowest BCUT2D eigenvalue weighted by Crippen LogP contribution is -2.47. The maximum absolute atomic E-state index is 12.7. The highest BCUT2D eigenvalue weighted by molar-refractivity contribution is 7.88. The zero-order valence-corrected chi connectivity index (χ0v) is 19.7. The number of nitrogens with zero attached hydrogens (tertiary/aromatic N) is 2. The van der Waals surface area contributed by atoms with Crippen molar-refractivity contribution >= 4 is 27.5 Å². The Bertz CT molecular complexity index is 1060. The molecule has 178 valence electrons. The zero-order valence-electron chi connectivity index (χ0n) is 18.9. The van der Waals surface area contributed by atoms with E-state index in [0.717, 1.165) is 5.56 Å². The van der Waals surface area contributed by atoms with Crippen molar-refractivity contribution in [2.24, 2.45) is 0 Å². The van der Waals surface area contributed by atoms with E-state index in [1.807, 2.05) is 12.1 Å². The number of hydrogen-bond acceptors (Lipinski definition) is 6. The molecule has 3 rings (SSSR count). The molecule has 0 aliphatic carbocycles. The Labute approximate surface area is 194 Å². The van der Waals surface area contributed by atoms with Gasteiger partial charge < -0.3 is 15.4 Å². The van der Waals surface area contributed by atoms with Crippen LogP contribution in [0.3, 0.4) is 0 Å². The van der Waals surface area contributed by atoms with E-state index in [1.165, 1.54) is 10.6 Å². The first-order valence-corrected chi connectivity index (χ1v) is 12.6. The molecule has 1 aliphatic rings. The average Bonchev–Trinajstić information content (AvgIpc) is 2.80. The molecule has 2 amide bonds. The van der Waals surface area contributed by atoms with Crippen LogP contribution in [0.5, 0.6) is 0 Å². The van der Waals surface area contributed by atoms with Crippen LogP contribution in [0, 0.1) is 0 Å². The molecule has 1 saturated heterocycles. The largest absolute Gasteiger partial charge is 0.383 e. The summed E-state index contributed by atoms with van der Waals surface area (Å²) in [5.41, 5.74) is 2.34. The van der Waals surface area contributed by atoms with Gasteiger partial charge in [-0.1, -0.05) is 24.3 Å². The van der Waals surface area contributed by atoms with Crippen molar-refractivity contribution in [1.82, 2.24) is 14.5 Å². The molecule has 0 radical (unpaired) electrons. The van der Waals surface area contributed by atoms with Gasteiger partial charge in [-0.25, -0.2) is 8.42 Å². The van der Waals surface area contributed by atoms with Gasteiger partial charge in [-0.05, 0) is 29.8 Å². The summed E-state index contributed by atoms with van der Waals surface area (Å²) in [6, 6.07) is 14.1. The predicted octanol–water partition coefficient (Wildman–Crippen LogP) is 1.39. The Balaban J connectivity index is 1.58. The van der Waals surface area contributed by atoms with Gasteiger partial charge in [0.15, 0.2) is 0 Å². The second-order valence-corrected chi connectivity index (χ2v) is 9.87. The van der Waals surface area contributed by atoms with Gasteiger partial charge in [-0.15, -0.1) is 0 Å². The molecule has 0 unspecified atom stereocenters. The Kier molecular flexibility index (Phi) is 8.56. The summed E-state index contributed by atoms with van der Waals surface area (Å²) in [6.07, 6.45) is 1.23. The van der Waals surface area contributed by atoms with Crippen LogP contribution < -0.4 is 10.6 Å². The highest BCUT2D eigenvalue weighted by Crippen LogP contribution is 2.17. The number of methoxy groups -OCH3 is 1. The van der Waals surface area contributed by atoms with Gasteiger partial charge in [0.05, 0.1) is 24.1 Å². The van der Waals surface area contributed by atoms with Crippen molar-refractivity contribution in [2.75, 3.05) is 58.0 Å². The van der Waals surface area contributed by atoms with E-state index >= 15 is 0 Å². The van der Waals surface area contributed by atoms with Crippen molar-refractivity contribution in [3.05, 3.63) is 65.2 Å². The van der Waals surface area contributed by atoms with Crippen LogP contribution in [-0.2, 0) is 21.3 Å². The molecule has 1 heterocycles. The van der Waals surface area contributed by atoms with E-state index < -0.39 is 10.0 Å². The van der Waals surface area contributed by atoms with Crippen molar-refractivity contribution in [3.8, 4) is 0 Å². The first-order valence-electron chi connectivity index (χ1n) is 10.7. The number of nitrogens with one attached hydrogen (secondary N) is 2. The lowest BCUT2D eigenvalue weighted by Gasteiger charge is -2.33. The van der Waals surface area contributed by atoms with Crippen LogP contribution >= 0.6 is 0 Å². The second-order valence-electron chi connectivity index (χ2n) is 7.88. The highest BCUT2D eigenvalue weighted by atomic mass is 32.2. The predicted molar refractivity (Wildman–Crippen MR) is 127 cm³/mol. The Morgan fingerprint density at radius 3 is 2.27 bits per heavy atom. The third-order valence-electron chi connectivity index (χ3n) is 5.43. The number of para-hydroxylation sites is 1. The molecular weight excluding hydrogens is 444 g/mol. The molecule has 0 saturated carbocycles. The Morgan fingerprint density at radius 2 is 1.64 bits per heavy atom. The van der Waals surface area contributed by atoms with Gasteiger partial charge in [0.1, 0.15) is 0 Å². The lowest BCUT2D eigenvalue weighted by atomic mass is 10.1. The normalized spacial score (nSPS) is 15.2. The number of benzene rings is 2. The van der Waals surface area contributed by atoms with Crippen molar-refractivity contribution in [3.63, 3.8) is 0 Å². The summed E-state index contributed by atoms with van der Waals surface area (Å²) >= 11 is 0. The number of amides is 2. The van der Waals surface area contributed by atoms with E-state index in [0.29, 0.717) is 62.7 Å². The molecular formula is C23H30N4O5S. The summed E-state index contributed by atoms with van der Waals surface area (Å²) in [5, 5.41) is 5.57. The van der Waals surface area contributed by atoms with Crippen LogP contribution in [0.25, 0.3) is 0 Å². The van der Waals surface area contributed by atoms with Crippen molar-refractivity contribution in [2.45, 2.75) is 6.54 Å². The van der Waals surface area contributed by atoms with Gasteiger partial charge in [-0.3, -0.25) is 14.5 Å². The van der Waals surface area contributed by atoms with Crippen molar-refractivity contribution < 1.29 is 22.7 Å². The molecule has 2 N–H and O–H groups in total. The fourth-order valence-corrected chi connectivity index (χ4v) is 4.41. The van der Waals surface area contributed by atoms with Crippen LogP contribution in [0.4, 0.5) is 5.69 Å². The quantitative estimate of drug-likeness (QED) is 0.532. The first kappa shape index (κ1) is 24.8. The molecule has 2 aromatic carbocycles. The number of rotatable bonds is 9. The maximum atomic E-state index is 12.7. The lowest BCUT2D eigenvalue weighted by molar-refractivity contribution is 0.0938. The third kappa shape index (κ3) is 7.10. The molecule has 1 fully saturated rings. The second kappa shape index (κ2) is 11.4. The molecule has 0 atom stereocenters. The van der Waals surface area contributed by atoms with Crippen LogP contribution in [0.1, 0.15) is 26.3 Å². The van der Waals surface area contributed by atoms with Crippen LogP contribution in [0.2, 0.25) is 0 Å². The van der Waals surface area contributed by atoms with E-state index in [4.69, 9.17) is 4.74 Å². The SMILES string of the molecule is COCCNC(=O)c1ccccc1NC(=O)c1ccc(CN2CCN(S(C)(=O)=O)CC2)cc1. The minimum atomic E-state index is -3.15. The number of ether oxygens (including phenoxy) is 1. The number of carbonyl (C=O) groups is 2. The van der Waals surface area contributed by atoms with Gasteiger partial charge in [-0.2, -0.15) is 4.31 Å². The molecule has 0 aromatic heterocycles. The minimum absolute atomic E-state index is 0.283. The summed E-state index contributed by atoms with van der Waals surface area (Å²) in [7, 11) is -1.59. The number of piperazine rings is 1. The summed E-state index contributed by atoms with van der Waals surface area (Å²) in [5.74, 6) is -0.588. The van der Waals surface area contributed by atoms with Crippen LogP contribution in [-0.4, -0.2) is 82.1 Å². The van der Waals surface area contributed by atoms with Gasteiger partial charge in [0.25, 0.3) is 11.8 Å². The van der Waals surface area contributed by atoms with E-state index in [2.05, 4.69) is 15.5 Å². The summed E-state index contributed by atoms with van der Waals surface area (Å²) in [4.78, 5) is 27.3. The molecule has 33 heavy (non-hydrogen) atoms.